The molecular weight excluding hydrogens is 164 g/mol. The van der Waals surface area contributed by atoms with Crippen molar-refractivity contribution in [2.75, 3.05) is 0 Å². The monoisotopic (exact) mass is 176 g/mol. The van der Waals surface area contributed by atoms with Crippen LogP contribution in [0.25, 0.3) is 0 Å². The van der Waals surface area contributed by atoms with Crippen LogP contribution in [0.3, 0.4) is 0 Å². The third-order valence-electron chi connectivity index (χ3n) is 1.12. The van der Waals surface area contributed by atoms with E-state index in [4.69, 9.17) is 10.2 Å². The molecule has 0 aliphatic rings. The summed E-state index contributed by atoms with van der Waals surface area (Å²) in [4.78, 5) is 20.9. The lowest BCUT2D eigenvalue weighted by molar-refractivity contribution is -0.163. The van der Waals surface area contributed by atoms with E-state index in [1.54, 1.807) is 0 Å². The van der Waals surface area contributed by atoms with Gasteiger partial charge in [0.1, 0.15) is 0 Å². The van der Waals surface area contributed by atoms with Gasteiger partial charge in [-0.15, -0.1) is 0 Å². The molecule has 2 N–H and O–H groups in total. The Labute approximate surface area is 70.0 Å². The second-order valence-electron chi connectivity index (χ2n) is 2.52. The van der Waals surface area contributed by atoms with Gasteiger partial charge in [0.2, 0.25) is 0 Å². The summed E-state index contributed by atoms with van der Waals surface area (Å²) < 4.78 is 4.42. The van der Waals surface area contributed by atoms with Crippen LogP contribution in [0.2, 0.25) is 0 Å². The molecule has 0 saturated heterocycles. The fourth-order valence-electron chi connectivity index (χ4n) is 0.537. The molecule has 0 aromatic carbocycles. The average molecular weight is 176 g/mol. The highest BCUT2D eigenvalue weighted by Crippen LogP contribution is 1.97. The summed E-state index contributed by atoms with van der Waals surface area (Å²) >= 11 is 0. The molecule has 12 heavy (non-hydrogen) atoms. The van der Waals surface area contributed by atoms with Gasteiger partial charge >= 0.3 is 11.9 Å². The van der Waals surface area contributed by atoms with Gasteiger partial charge in [-0.1, -0.05) is 0 Å². The van der Waals surface area contributed by atoms with Crippen LogP contribution < -0.4 is 0 Å². The molecule has 0 rings (SSSR count). The Balaban J connectivity index is 3.77. The van der Waals surface area contributed by atoms with E-state index < -0.39 is 24.1 Å². The molecule has 0 fully saturated rings. The molecule has 70 valence electrons. The minimum absolute atomic E-state index is 0.183. The zero-order chi connectivity index (χ0) is 9.72. The van der Waals surface area contributed by atoms with Crippen molar-refractivity contribution in [2.45, 2.75) is 32.5 Å². The molecule has 0 heterocycles. The second kappa shape index (κ2) is 4.71. The third kappa shape index (κ3) is 4.68. The van der Waals surface area contributed by atoms with E-state index in [0.29, 0.717) is 0 Å². The smallest absolute Gasteiger partial charge is 0.344 e. The van der Waals surface area contributed by atoms with Gasteiger partial charge in [0, 0.05) is 0 Å². The van der Waals surface area contributed by atoms with Crippen molar-refractivity contribution >= 4 is 11.9 Å². The summed E-state index contributed by atoms with van der Waals surface area (Å²) in [6.45, 7) is 2.68. The molecule has 0 aliphatic heterocycles. The van der Waals surface area contributed by atoms with Gasteiger partial charge in [0.05, 0.1) is 12.5 Å². The first kappa shape index (κ1) is 10.9. The number of carboxylic acids is 1. The Hall–Kier alpha value is -1.10. The van der Waals surface area contributed by atoms with Gasteiger partial charge < -0.3 is 14.9 Å². The number of hydrogen-bond donors (Lipinski definition) is 2. The Bertz CT molecular complexity index is 175. The summed E-state index contributed by atoms with van der Waals surface area (Å²) in [6.07, 6.45) is -2.15. The molecule has 0 aliphatic carbocycles. The zero-order valence-corrected chi connectivity index (χ0v) is 6.98. The van der Waals surface area contributed by atoms with E-state index in [-0.39, 0.29) is 6.42 Å². The van der Waals surface area contributed by atoms with E-state index in [0.717, 1.165) is 0 Å². The Morgan fingerprint density at radius 1 is 1.42 bits per heavy atom. The molecule has 2 atom stereocenters. The highest BCUT2D eigenvalue weighted by atomic mass is 16.6. The summed E-state index contributed by atoms with van der Waals surface area (Å²) in [5.74, 6) is -1.91. The molecule has 5 nitrogen and oxygen atoms in total. The van der Waals surface area contributed by atoms with Gasteiger partial charge in [-0.05, 0) is 13.8 Å². The molecule has 0 spiro atoms. The molecular formula is C7H12O5. The summed E-state index contributed by atoms with van der Waals surface area (Å²) in [6, 6.07) is 0. The number of carboxylic acid groups (broad SMARTS) is 1. The molecule has 0 radical (unpaired) electrons. The second-order valence-corrected chi connectivity index (χ2v) is 2.52. The quantitative estimate of drug-likeness (QED) is 0.578. The first-order valence-electron chi connectivity index (χ1n) is 3.54. The number of carbonyl (C=O) groups is 2. The average Bonchev–Trinajstić information content (AvgIpc) is 1.84. The Kier molecular flexibility index (Phi) is 4.28. The Morgan fingerprint density at radius 2 is 1.92 bits per heavy atom. The van der Waals surface area contributed by atoms with Crippen molar-refractivity contribution in [3.63, 3.8) is 0 Å². The van der Waals surface area contributed by atoms with Crippen molar-refractivity contribution in [1.29, 1.82) is 0 Å². The number of aliphatic hydroxyl groups is 1. The topological polar surface area (TPSA) is 83.8 Å². The number of aliphatic carboxylic acids is 1. The highest BCUT2D eigenvalue weighted by molar-refractivity contribution is 5.77. The normalized spacial score (nSPS) is 14.9. The van der Waals surface area contributed by atoms with Gasteiger partial charge in [0.15, 0.2) is 6.10 Å². The van der Waals surface area contributed by atoms with Crippen molar-refractivity contribution in [3.8, 4) is 0 Å². The molecule has 0 aromatic heterocycles. The van der Waals surface area contributed by atoms with Crippen molar-refractivity contribution in [1.82, 2.24) is 0 Å². The number of hydrogen-bond acceptors (Lipinski definition) is 4. The molecule has 0 bridgehead atoms. The van der Waals surface area contributed by atoms with Gasteiger partial charge in [-0.25, -0.2) is 4.79 Å². The minimum Gasteiger partial charge on any atom is -0.479 e. The van der Waals surface area contributed by atoms with Crippen LogP contribution in [-0.2, 0) is 14.3 Å². The molecule has 0 aromatic rings. The minimum atomic E-state index is -1.20. The summed E-state index contributed by atoms with van der Waals surface area (Å²) in [7, 11) is 0. The van der Waals surface area contributed by atoms with Gasteiger partial charge in [0.25, 0.3) is 0 Å². The number of esters is 1. The lowest BCUT2D eigenvalue weighted by Crippen LogP contribution is -2.25. The van der Waals surface area contributed by atoms with Crippen LogP contribution in [0, 0.1) is 0 Å². The predicted octanol–water partition coefficient (Wildman–Crippen LogP) is -0.226. The van der Waals surface area contributed by atoms with Crippen LogP contribution in [-0.4, -0.2) is 34.4 Å². The first-order valence-corrected chi connectivity index (χ1v) is 3.54. The molecule has 5 heteroatoms. The number of rotatable bonds is 4. The standard InChI is InChI=1S/C7H12O5/c1-4(8)3-6(9)12-5(2)7(10)11/h4-5,8H,3H2,1-2H3,(H,10,11). The van der Waals surface area contributed by atoms with Gasteiger partial charge in [-0.3, -0.25) is 4.79 Å². The largest absolute Gasteiger partial charge is 0.479 e. The predicted molar refractivity (Wildman–Crippen MR) is 39.5 cm³/mol. The number of aliphatic hydroxyl groups excluding tert-OH is 1. The first-order chi connectivity index (χ1) is 5.43. The Morgan fingerprint density at radius 3 is 2.25 bits per heavy atom. The zero-order valence-electron chi connectivity index (χ0n) is 6.98. The summed E-state index contributed by atoms with van der Waals surface area (Å²) in [5.41, 5.74) is 0. The van der Waals surface area contributed by atoms with E-state index in [1.807, 2.05) is 0 Å². The van der Waals surface area contributed by atoms with E-state index in [9.17, 15) is 9.59 Å². The fraction of sp³-hybridized carbons (Fsp3) is 0.714. The third-order valence-corrected chi connectivity index (χ3v) is 1.12. The lowest BCUT2D eigenvalue weighted by Gasteiger charge is -2.09. The maximum Gasteiger partial charge on any atom is 0.344 e. The van der Waals surface area contributed by atoms with Crippen LogP contribution in [0.5, 0.6) is 0 Å². The summed E-state index contributed by atoms with van der Waals surface area (Å²) in [5, 5.41) is 17.1. The number of carbonyl (C=O) groups excluding carboxylic acids is 1. The fourth-order valence-corrected chi connectivity index (χ4v) is 0.537. The maximum absolute atomic E-state index is 10.7. The van der Waals surface area contributed by atoms with E-state index in [1.165, 1.54) is 13.8 Å². The van der Waals surface area contributed by atoms with Gasteiger partial charge in [-0.2, -0.15) is 0 Å². The maximum atomic E-state index is 10.7. The SMILES string of the molecule is CC(O)CC(=O)OC(C)C(=O)O. The van der Waals surface area contributed by atoms with E-state index in [2.05, 4.69) is 4.74 Å². The molecule has 0 saturated carbocycles. The van der Waals surface area contributed by atoms with Crippen LogP contribution >= 0.6 is 0 Å². The van der Waals surface area contributed by atoms with Crippen molar-refractivity contribution in [3.05, 3.63) is 0 Å². The number of ether oxygens (including phenoxy) is 1. The molecule has 2 unspecified atom stereocenters. The van der Waals surface area contributed by atoms with Crippen LogP contribution in [0.1, 0.15) is 20.3 Å². The van der Waals surface area contributed by atoms with E-state index >= 15 is 0 Å². The van der Waals surface area contributed by atoms with Crippen molar-refractivity contribution in [2.24, 2.45) is 0 Å². The van der Waals surface area contributed by atoms with Crippen LogP contribution in [0.15, 0.2) is 0 Å². The highest BCUT2D eigenvalue weighted by Gasteiger charge is 2.16. The lowest BCUT2D eigenvalue weighted by atomic mass is 10.3. The van der Waals surface area contributed by atoms with Crippen molar-refractivity contribution < 1.29 is 24.5 Å². The van der Waals surface area contributed by atoms with Crippen LogP contribution in [0.4, 0.5) is 0 Å². The molecule has 0 amide bonds.